The molecule has 29 heavy (non-hydrogen) atoms. The van der Waals surface area contributed by atoms with Crippen LogP contribution in [0.3, 0.4) is 0 Å². The second-order valence-electron chi connectivity index (χ2n) is 5.65. The molecule has 0 aliphatic heterocycles. The van der Waals surface area contributed by atoms with Crippen LogP contribution in [0, 0.1) is 11.3 Å². The van der Waals surface area contributed by atoms with E-state index < -0.39 is 11.9 Å². The molecule has 8 heteroatoms. The van der Waals surface area contributed by atoms with Gasteiger partial charge in [-0.3, -0.25) is 4.79 Å². The van der Waals surface area contributed by atoms with Gasteiger partial charge in [0.15, 0.2) is 0 Å². The first-order valence-electron chi connectivity index (χ1n) is 8.55. The van der Waals surface area contributed by atoms with Gasteiger partial charge in [-0.05, 0) is 59.3 Å². The molecule has 0 bridgehead atoms. The Morgan fingerprint density at radius 2 is 1.79 bits per heavy atom. The van der Waals surface area contributed by atoms with E-state index in [0.29, 0.717) is 32.8 Å². The van der Waals surface area contributed by atoms with E-state index in [4.69, 9.17) is 14.2 Å². The molecule has 150 valence electrons. The van der Waals surface area contributed by atoms with E-state index in [-0.39, 0.29) is 12.2 Å². The first kappa shape index (κ1) is 22.0. The van der Waals surface area contributed by atoms with Gasteiger partial charge in [0.2, 0.25) is 0 Å². The monoisotopic (exact) mass is 458 g/mol. The molecule has 0 aliphatic rings. The number of benzene rings is 2. The Labute approximate surface area is 177 Å². The van der Waals surface area contributed by atoms with Crippen LogP contribution < -0.4 is 14.8 Å². The van der Waals surface area contributed by atoms with Crippen LogP contribution in [0.5, 0.6) is 11.5 Å². The average Bonchev–Trinajstić information content (AvgIpc) is 2.72. The first-order chi connectivity index (χ1) is 13.9. The van der Waals surface area contributed by atoms with Crippen LogP contribution in [-0.4, -0.2) is 32.7 Å². The molecule has 0 fully saturated rings. The maximum absolute atomic E-state index is 12.5. The SMILES string of the molecule is CCOC(=O)c1ccc(NC(=O)/C(C#N)=C/c2cc(Br)c(OC)cc2OC)cc1. The third-order valence-electron chi connectivity index (χ3n) is 3.82. The lowest BCUT2D eigenvalue weighted by Crippen LogP contribution is -2.13. The Hall–Kier alpha value is -3.31. The number of esters is 1. The number of nitriles is 1. The van der Waals surface area contributed by atoms with Crippen molar-refractivity contribution in [3.8, 4) is 17.6 Å². The summed E-state index contributed by atoms with van der Waals surface area (Å²) in [4.78, 5) is 24.2. The molecule has 1 N–H and O–H groups in total. The number of halogens is 1. The van der Waals surface area contributed by atoms with Crippen molar-refractivity contribution < 1.29 is 23.8 Å². The molecule has 7 nitrogen and oxygen atoms in total. The van der Waals surface area contributed by atoms with Gasteiger partial charge in [-0.15, -0.1) is 0 Å². The summed E-state index contributed by atoms with van der Waals surface area (Å²) in [5, 5.41) is 12.1. The number of rotatable bonds is 7. The topological polar surface area (TPSA) is 97.7 Å². The molecular formula is C21H19BrN2O5. The lowest BCUT2D eigenvalue weighted by atomic mass is 10.1. The van der Waals surface area contributed by atoms with Gasteiger partial charge in [0.25, 0.3) is 5.91 Å². The van der Waals surface area contributed by atoms with Crippen LogP contribution in [0.2, 0.25) is 0 Å². The normalized spacial score (nSPS) is 10.7. The summed E-state index contributed by atoms with van der Waals surface area (Å²) in [5.74, 6) is -0.0291. The van der Waals surface area contributed by atoms with Crippen molar-refractivity contribution in [2.45, 2.75) is 6.92 Å². The minimum absolute atomic E-state index is 0.116. The predicted molar refractivity (Wildman–Crippen MR) is 112 cm³/mol. The zero-order chi connectivity index (χ0) is 21.4. The van der Waals surface area contributed by atoms with E-state index in [2.05, 4.69) is 21.2 Å². The first-order valence-corrected chi connectivity index (χ1v) is 9.34. The molecule has 2 aromatic carbocycles. The summed E-state index contributed by atoms with van der Waals surface area (Å²) >= 11 is 3.37. The van der Waals surface area contributed by atoms with Crippen LogP contribution >= 0.6 is 15.9 Å². The third-order valence-corrected chi connectivity index (χ3v) is 4.44. The van der Waals surface area contributed by atoms with E-state index in [9.17, 15) is 14.9 Å². The molecule has 0 aliphatic carbocycles. The second kappa shape index (κ2) is 10.3. The molecule has 2 aromatic rings. The van der Waals surface area contributed by atoms with Gasteiger partial charge in [-0.25, -0.2) is 4.79 Å². The van der Waals surface area contributed by atoms with Crippen molar-refractivity contribution in [3.63, 3.8) is 0 Å². The smallest absolute Gasteiger partial charge is 0.338 e. The third kappa shape index (κ3) is 5.59. The fourth-order valence-corrected chi connectivity index (χ4v) is 2.93. The summed E-state index contributed by atoms with van der Waals surface area (Å²) in [6, 6.07) is 11.4. The lowest BCUT2D eigenvalue weighted by molar-refractivity contribution is -0.112. The fraction of sp³-hybridized carbons (Fsp3) is 0.190. The van der Waals surface area contributed by atoms with E-state index in [1.165, 1.54) is 32.4 Å². The number of nitrogens with zero attached hydrogens (tertiary/aromatic N) is 1. The Morgan fingerprint density at radius 1 is 1.14 bits per heavy atom. The molecule has 2 rings (SSSR count). The van der Waals surface area contributed by atoms with Gasteiger partial charge >= 0.3 is 5.97 Å². The Kier molecular flexibility index (Phi) is 7.80. The Morgan fingerprint density at radius 3 is 2.34 bits per heavy atom. The molecule has 0 saturated heterocycles. The highest BCUT2D eigenvalue weighted by atomic mass is 79.9. The second-order valence-corrected chi connectivity index (χ2v) is 6.50. The summed E-state index contributed by atoms with van der Waals surface area (Å²) in [7, 11) is 3.01. The minimum atomic E-state index is -0.592. The maximum Gasteiger partial charge on any atom is 0.338 e. The highest BCUT2D eigenvalue weighted by Crippen LogP contribution is 2.34. The molecule has 0 unspecified atom stereocenters. The van der Waals surface area contributed by atoms with Crippen molar-refractivity contribution >= 4 is 39.6 Å². The maximum atomic E-state index is 12.5. The van der Waals surface area contributed by atoms with Crippen LogP contribution in [0.15, 0.2) is 46.4 Å². The molecule has 0 saturated carbocycles. The van der Waals surface area contributed by atoms with Crippen LogP contribution in [-0.2, 0) is 9.53 Å². The largest absolute Gasteiger partial charge is 0.496 e. The highest BCUT2D eigenvalue weighted by Gasteiger charge is 2.14. The number of nitrogens with one attached hydrogen (secondary N) is 1. The van der Waals surface area contributed by atoms with Crippen molar-refractivity contribution in [2.75, 3.05) is 26.1 Å². The molecule has 0 spiro atoms. The summed E-state index contributed by atoms with van der Waals surface area (Å²) in [6.07, 6.45) is 1.42. The lowest BCUT2D eigenvalue weighted by Gasteiger charge is -2.10. The number of carbonyl (C=O) groups is 2. The number of ether oxygens (including phenoxy) is 3. The highest BCUT2D eigenvalue weighted by molar-refractivity contribution is 9.10. The summed E-state index contributed by atoms with van der Waals surface area (Å²) < 4.78 is 16.1. The van der Waals surface area contributed by atoms with Gasteiger partial charge in [0.05, 0.1) is 30.9 Å². The molecule has 1 amide bonds. The van der Waals surface area contributed by atoms with Crippen molar-refractivity contribution in [2.24, 2.45) is 0 Å². The number of hydrogen-bond acceptors (Lipinski definition) is 6. The quantitative estimate of drug-likeness (QED) is 0.379. The number of amides is 1. The summed E-state index contributed by atoms with van der Waals surface area (Å²) in [6.45, 7) is 2.00. The minimum Gasteiger partial charge on any atom is -0.496 e. The predicted octanol–water partition coefficient (Wildman–Crippen LogP) is 4.19. The van der Waals surface area contributed by atoms with Crippen molar-refractivity contribution in [1.82, 2.24) is 0 Å². The molecule has 0 radical (unpaired) electrons. The van der Waals surface area contributed by atoms with Gasteiger partial charge in [0, 0.05) is 17.3 Å². The number of hydrogen-bond donors (Lipinski definition) is 1. The molecule has 0 aromatic heterocycles. The van der Waals surface area contributed by atoms with E-state index in [0.717, 1.165) is 0 Å². The van der Waals surface area contributed by atoms with E-state index >= 15 is 0 Å². The average molecular weight is 459 g/mol. The number of methoxy groups -OCH3 is 2. The van der Waals surface area contributed by atoms with Gasteiger partial charge in [-0.2, -0.15) is 5.26 Å². The molecule has 0 atom stereocenters. The van der Waals surface area contributed by atoms with Gasteiger partial charge in [0.1, 0.15) is 23.1 Å². The van der Waals surface area contributed by atoms with Crippen molar-refractivity contribution in [1.29, 1.82) is 5.26 Å². The standard InChI is InChI=1S/C21H19BrN2O5/c1-4-29-21(26)13-5-7-16(8-6-13)24-20(25)15(12-23)9-14-10-17(22)19(28-3)11-18(14)27-2/h5-11H,4H2,1-3H3,(H,24,25)/b15-9+. The van der Waals surface area contributed by atoms with E-state index in [1.807, 2.05) is 6.07 Å². The van der Waals surface area contributed by atoms with Crippen LogP contribution in [0.1, 0.15) is 22.8 Å². The van der Waals surface area contributed by atoms with E-state index in [1.54, 1.807) is 31.2 Å². The molecular weight excluding hydrogens is 440 g/mol. The van der Waals surface area contributed by atoms with Crippen LogP contribution in [0.25, 0.3) is 6.08 Å². The Balaban J connectivity index is 2.24. The van der Waals surface area contributed by atoms with Crippen LogP contribution in [0.4, 0.5) is 5.69 Å². The van der Waals surface area contributed by atoms with Crippen molar-refractivity contribution in [3.05, 3.63) is 57.6 Å². The fourth-order valence-electron chi connectivity index (χ4n) is 2.40. The number of carbonyl (C=O) groups excluding carboxylic acids is 2. The zero-order valence-corrected chi connectivity index (χ0v) is 17.7. The van der Waals surface area contributed by atoms with Gasteiger partial charge < -0.3 is 19.5 Å². The zero-order valence-electron chi connectivity index (χ0n) is 16.1. The summed E-state index contributed by atoms with van der Waals surface area (Å²) in [5.41, 5.74) is 1.22. The number of anilines is 1. The molecule has 0 heterocycles. The Bertz CT molecular complexity index is 978. The van der Waals surface area contributed by atoms with Gasteiger partial charge in [-0.1, -0.05) is 0 Å².